The Morgan fingerprint density at radius 1 is 1.10 bits per heavy atom. The van der Waals surface area contributed by atoms with E-state index in [0.29, 0.717) is 40.0 Å². The summed E-state index contributed by atoms with van der Waals surface area (Å²) >= 11 is 1.31. The molecule has 0 saturated heterocycles. The second kappa shape index (κ2) is 8.40. The topological polar surface area (TPSA) is 78.6 Å². The van der Waals surface area contributed by atoms with E-state index in [1.807, 2.05) is 43.3 Å². The molecule has 0 atom stereocenters. The van der Waals surface area contributed by atoms with Gasteiger partial charge in [-0.25, -0.2) is 0 Å². The average molecular weight is 408 g/mol. The summed E-state index contributed by atoms with van der Waals surface area (Å²) in [6.07, 6.45) is 6.08. The van der Waals surface area contributed by atoms with Crippen LogP contribution in [0.25, 0.3) is 22.4 Å². The van der Waals surface area contributed by atoms with E-state index < -0.39 is 0 Å². The van der Waals surface area contributed by atoms with E-state index in [0.717, 1.165) is 17.5 Å². The van der Waals surface area contributed by atoms with Crippen molar-refractivity contribution in [1.29, 1.82) is 0 Å². The Bertz CT molecular complexity index is 1230. The van der Waals surface area contributed by atoms with Gasteiger partial charge < -0.3 is 9.47 Å². The van der Waals surface area contributed by atoms with Crippen molar-refractivity contribution >= 4 is 22.4 Å². The number of rotatable bonds is 7. The number of benzene rings is 1. The molecule has 0 amide bonds. The first kappa shape index (κ1) is 19.1. The fraction of sp³-hybridized carbons (Fsp3) is 0.238. The number of thiazole rings is 1. The third kappa shape index (κ3) is 3.97. The minimum Gasteiger partial charge on any atom is -0.490 e. The Morgan fingerprint density at radius 3 is 2.66 bits per heavy atom. The van der Waals surface area contributed by atoms with Crippen molar-refractivity contribution in [2.24, 2.45) is 0 Å². The van der Waals surface area contributed by atoms with Crippen molar-refractivity contribution in [3.8, 4) is 22.9 Å². The van der Waals surface area contributed by atoms with E-state index in [-0.39, 0.29) is 5.56 Å². The molecule has 0 unspecified atom stereocenters. The summed E-state index contributed by atoms with van der Waals surface area (Å²) in [6, 6.07) is 9.29. The van der Waals surface area contributed by atoms with Crippen molar-refractivity contribution < 1.29 is 9.47 Å². The SMILES string of the molecule is CCCOc1ccc(/C=c2/sc3nc(-c4ccncc4)nn3c2=O)cc1OCC. The molecule has 0 aliphatic carbocycles. The lowest BCUT2D eigenvalue weighted by molar-refractivity contribution is 0.277. The van der Waals surface area contributed by atoms with Gasteiger partial charge in [0.15, 0.2) is 17.3 Å². The standard InChI is InChI=1S/C21H20N4O3S/c1-3-11-28-16-6-5-14(12-17(16)27-4-2)13-18-20(26)25-21(29-18)23-19(24-25)15-7-9-22-10-8-15/h5-10,12-13H,3-4,11H2,1-2H3/b18-13+. The third-order valence-corrected chi connectivity index (χ3v) is 5.11. The van der Waals surface area contributed by atoms with Gasteiger partial charge in [0.25, 0.3) is 5.56 Å². The van der Waals surface area contributed by atoms with Crippen LogP contribution in [0.15, 0.2) is 47.5 Å². The van der Waals surface area contributed by atoms with Gasteiger partial charge in [-0.15, -0.1) is 5.10 Å². The molecule has 0 fully saturated rings. The van der Waals surface area contributed by atoms with Crippen LogP contribution in [0.3, 0.4) is 0 Å². The predicted octanol–water partition coefficient (Wildman–Crippen LogP) is 2.95. The summed E-state index contributed by atoms with van der Waals surface area (Å²) in [5, 5.41) is 4.35. The third-order valence-electron chi connectivity index (χ3n) is 4.15. The van der Waals surface area contributed by atoms with Crippen LogP contribution in [-0.4, -0.2) is 32.8 Å². The maximum absolute atomic E-state index is 12.8. The molecule has 0 aliphatic heterocycles. The molecule has 0 spiro atoms. The number of hydrogen-bond acceptors (Lipinski definition) is 7. The number of aromatic nitrogens is 4. The van der Waals surface area contributed by atoms with Gasteiger partial charge in [0.1, 0.15) is 0 Å². The van der Waals surface area contributed by atoms with Crippen LogP contribution in [0.1, 0.15) is 25.8 Å². The van der Waals surface area contributed by atoms with Crippen molar-refractivity contribution in [1.82, 2.24) is 19.6 Å². The zero-order chi connectivity index (χ0) is 20.2. The highest BCUT2D eigenvalue weighted by Crippen LogP contribution is 2.29. The monoisotopic (exact) mass is 408 g/mol. The van der Waals surface area contributed by atoms with Crippen LogP contribution in [-0.2, 0) is 0 Å². The van der Waals surface area contributed by atoms with Gasteiger partial charge in [0.05, 0.1) is 17.7 Å². The van der Waals surface area contributed by atoms with Gasteiger partial charge in [-0.2, -0.15) is 9.50 Å². The first-order valence-corrected chi connectivity index (χ1v) is 10.2. The Balaban J connectivity index is 1.71. The minimum atomic E-state index is -0.193. The fourth-order valence-corrected chi connectivity index (χ4v) is 3.73. The second-order valence-corrected chi connectivity index (χ2v) is 7.28. The van der Waals surface area contributed by atoms with Crippen molar-refractivity contribution in [2.45, 2.75) is 20.3 Å². The van der Waals surface area contributed by atoms with Gasteiger partial charge in [-0.3, -0.25) is 9.78 Å². The van der Waals surface area contributed by atoms with Crippen LogP contribution >= 0.6 is 11.3 Å². The molecule has 0 radical (unpaired) electrons. The molecule has 148 valence electrons. The molecule has 8 heteroatoms. The van der Waals surface area contributed by atoms with Crippen LogP contribution < -0.4 is 19.6 Å². The first-order valence-electron chi connectivity index (χ1n) is 9.41. The van der Waals surface area contributed by atoms with Crippen LogP contribution in [0.5, 0.6) is 11.5 Å². The Hall–Kier alpha value is -3.26. The maximum atomic E-state index is 12.8. The maximum Gasteiger partial charge on any atom is 0.291 e. The summed E-state index contributed by atoms with van der Waals surface area (Å²) < 4.78 is 13.3. The molecule has 4 rings (SSSR count). The molecule has 0 N–H and O–H groups in total. The van der Waals surface area contributed by atoms with E-state index >= 15 is 0 Å². The molecular weight excluding hydrogens is 388 g/mol. The van der Waals surface area contributed by atoms with Crippen LogP contribution in [0.2, 0.25) is 0 Å². The Kier molecular flexibility index (Phi) is 5.53. The van der Waals surface area contributed by atoms with Crippen molar-refractivity contribution in [2.75, 3.05) is 13.2 Å². The Labute approximate surface area is 171 Å². The van der Waals surface area contributed by atoms with Gasteiger partial charge >= 0.3 is 0 Å². The van der Waals surface area contributed by atoms with Crippen molar-refractivity contribution in [3.05, 3.63) is 63.2 Å². The summed E-state index contributed by atoms with van der Waals surface area (Å²) in [5.41, 5.74) is 1.49. The highest BCUT2D eigenvalue weighted by molar-refractivity contribution is 7.15. The lowest BCUT2D eigenvalue weighted by Gasteiger charge is -2.11. The van der Waals surface area contributed by atoms with Crippen LogP contribution in [0.4, 0.5) is 0 Å². The second-order valence-electron chi connectivity index (χ2n) is 6.27. The van der Waals surface area contributed by atoms with Crippen LogP contribution in [0, 0.1) is 0 Å². The number of nitrogens with zero attached hydrogens (tertiary/aromatic N) is 4. The molecule has 3 heterocycles. The summed E-state index contributed by atoms with van der Waals surface area (Å²) in [7, 11) is 0. The van der Waals surface area contributed by atoms with E-state index in [1.54, 1.807) is 12.4 Å². The average Bonchev–Trinajstić information content (AvgIpc) is 3.28. The van der Waals surface area contributed by atoms with Crippen molar-refractivity contribution in [3.63, 3.8) is 0 Å². The zero-order valence-corrected chi connectivity index (χ0v) is 17.0. The smallest absolute Gasteiger partial charge is 0.291 e. The lowest BCUT2D eigenvalue weighted by Crippen LogP contribution is -2.23. The molecule has 7 nitrogen and oxygen atoms in total. The Morgan fingerprint density at radius 2 is 1.93 bits per heavy atom. The number of fused-ring (bicyclic) bond motifs is 1. The molecule has 0 bridgehead atoms. The van der Waals surface area contributed by atoms with Gasteiger partial charge in [0, 0.05) is 18.0 Å². The number of pyridine rings is 1. The van der Waals surface area contributed by atoms with E-state index in [9.17, 15) is 4.79 Å². The molecule has 4 aromatic rings. The number of hydrogen-bond donors (Lipinski definition) is 0. The quantitative estimate of drug-likeness (QED) is 0.468. The highest BCUT2D eigenvalue weighted by atomic mass is 32.1. The molecule has 3 aromatic heterocycles. The lowest BCUT2D eigenvalue weighted by atomic mass is 10.2. The first-order chi connectivity index (χ1) is 14.2. The minimum absolute atomic E-state index is 0.193. The molecular formula is C21H20N4O3S. The van der Waals surface area contributed by atoms with E-state index in [1.165, 1.54) is 15.9 Å². The molecule has 1 aromatic carbocycles. The highest BCUT2D eigenvalue weighted by Gasteiger charge is 2.12. The zero-order valence-electron chi connectivity index (χ0n) is 16.2. The molecule has 0 saturated carbocycles. The predicted molar refractivity (Wildman–Crippen MR) is 113 cm³/mol. The van der Waals surface area contributed by atoms with Gasteiger partial charge in [-0.1, -0.05) is 24.3 Å². The molecule has 29 heavy (non-hydrogen) atoms. The van der Waals surface area contributed by atoms with Gasteiger partial charge in [0.2, 0.25) is 4.96 Å². The fourth-order valence-electron chi connectivity index (χ4n) is 2.82. The normalized spacial score (nSPS) is 11.9. The van der Waals surface area contributed by atoms with E-state index in [2.05, 4.69) is 22.0 Å². The summed E-state index contributed by atoms with van der Waals surface area (Å²) in [4.78, 5) is 21.8. The number of ether oxygens (including phenoxy) is 2. The van der Waals surface area contributed by atoms with Gasteiger partial charge in [-0.05, 0) is 49.2 Å². The molecule has 0 aliphatic rings. The summed E-state index contributed by atoms with van der Waals surface area (Å²) in [5.74, 6) is 1.89. The van der Waals surface area contributed by atoms with E-state index in [4.69, 9.17) is 9.47 Å². The largest absolute Gasteiger partial charge is 0.490 e. The summed E-state index contributed by atoms with van der Waals surface area (Å²) in [6.45, 7) is 5.14.